The molecule has 1 unspecified atom stereocenters. The molecule has 1 saturated heterocycles. The van der Waals surface area contributed by atoms with Crippen LogP contribution in [0.4, 0.5) is 18.9 Å². The number of benzene rings is 1. The summed E-state index contributed by atoms with van der Waals surface area (Å²) >= 11 is 2.14. The second kappa shape index (κ2) is 7.33. The third kappa shape index (κ3) is 4.95. The molecule has 1 amide bonds. The number of hydrogen-bond donors (Lipinski definition) is 1. The van der Waals surface area contributed by atoms with Gasteiger partial charge in [-0.2, -0.15) is 13.2 Å². The summed E-state index contributed by atoms with van der Waals surface area (Å²) in [6.07, 6.45) is -2.16. The first-order chi connectivity index (χ1) is 10.8. The van der Waals surface area contributed by atoms with Crippen LogP contribution in [0.5, 0.6) is 0 Å². The molecule has 0 bridgehead atoms. The first-order valence-corrected chi connectivity index (χ1v) is 7.97. The molecule has 0 spiro atoms. The number of rotatable bonds is 4. The van der Waals surface area contributed by atoms with Crippen molar-refractivity contribution in [3.05, 3.63) is 40.1 Å². The van der Waals surface area contributed by atoms with Crippen LogP contribution in [0.1, 0.15) is 12.8 Å². The van der Waals surface area contributed by atoms with Gasteiger partial charge in [-0.3, -0.25) is 9.59 Å². The number of nitrogens with zero attached hydrogens (tertiary/aromatic N) is 1. The zero-order chi connectivity index (χ0) is 17.0. The van der Waals surface area contributed by atoms with Crippen LogP contribution in [-0.4, -0.2) is 35.4 Å². The maximum absolute atomic E-state index is 12.3. The van der Waals surface area contributed by atoms with Gasteiger partial charge >= 0.3 is 6.18 Å². The van der Waals surface area contributed by atoms with Crippen LogP contribution in [0, 0.1) is 3.57 Å². The van der Waals surface area contributed by atoms with Crippen LogP contribution < -0.4 is 5.32 Å². The Morgan fingerprint density at radius 2 is 1.91 bits per heavy atom. The Balaban J connectivity index is 2.00. The summed E-state index contributed by atoms with van der Waals surface area (Å²) in [5.74, 6) is -2.23. The summed E-state index contributed by atoms with van der Waals surface area (Å²) in [4.78, 5) is 24.6. The molecular formula is C15H14F3IN2O2. The predicted molar refractivity (Wildman–Crippen MR) is 87.7 cm³/mol. The topological polar surface area (TPSA) is 49.4 Å². The van der Waals surface area contributed by atoms with Crippen LogP contribution in [0.3, 0.4) is 0 Å². The summed E-state index contributed by atoms with van der Waals surface area (Å²) in [6.45, 7) is 0.437. The van der Waals surface area contributed by atoms with Crippen molar-refractivity contribution in [1.29, 1.82) is 0 Å². The number of carbonyl (C=O) groups is 2. The van der Waals surface area contributed by atoms with E-state index in [1.807, 2.05) is 12.1 Å². The third-order valence-corrected chi connectivity index (χ3v) is 4.12. The van der Waals surface area contributed by atoms with E-state index >= 15 is 0 Å². The van der Waals surface area contributed by atoms with Crippen molar-refractivity contribution in [3.8, 4) is 0 Å². The number of nitrogens with one attached hydrogen (secondary N) is 1. The molecule has 1 aromatic carbocycles. The maximum Gasteiger partial charge on any atom is 0.454 e. The molecule has 0 radical (unpaired) electrons. The maximum atomic E-state index is 12.3. The lowest BCUT2D eigenvalue weighted by Crippen LogP contribution is -2.36. The van der Waals surface area contributed by atoms with Crippen LogP contribution in [0.2, 0.25) is 0 Å². The molecular weight excluding hydrogens is 424 g/mol. The minimum atomic E-state index is -4.89. The molecule has 23 heavy (non-hydrogen) atoms. The molecule has 1 aliphatic rings. The molecule has 1 aromatic rings. The van der Waals surface area contributed by atoms with Crippen molar-refractivity contribution in [2.75, 3.05) is 11.9 Å². The zero-order valence-corrected chi connectivity index (χ0v) is 14.1. The van der Waals surface area contributed by atoms with Crippen LogP contribution in [0.25, 0.3) is 0 Å². The van der Waals surface area contributed by atoms with Gasteiger partial charge < -0.3 is 10.2 Å². The average molecular weight is 438 g/mol. The highest BCUT2D eigenvalue weighted by Crippen LogP contribution is 2.21. The lowest BCUT2D eigenvalue weighted by Gasteiger charge is -2.22. The molecule has 0 aromatic heterocycles. The highest BCUT2D eigenvalue weighted by Gasteiger charge is 2.37. The average Bonchev–Trinajstić information content (AvgIpc) is 2.94. The minimum Gasteiger partial charge on any atom is -0.365 e. The Labute approximate surface area is 144 Å². The number of anilines is 1. The summed E-state index contributed by atoms with van der Waals surface area (Å²) in [5, 5.41) is 2.73. The number of likely N-dealkylation sites (tertiary alicyclic amines) is 1. The van der Waals surface area contributed by atoms with Gasteiger partial charge in [0.15, 0.2) is 0 Å². The largest absolute Gasteiger partial charge is 0.454 e. The van der Waals surface area contributed by atoms with Gasteiger partial charge in [-0.25, -0.2) is 0 Å². The van der Waals surface area contributed by atoms with Crippen molar-refractivity contribution in [2.24, 2.45) is 0 Å². The molecule has 1 heterocycles. The number of ketones is 1. The molecule has 1 aliphatic heterocycles. The molecule has 8 heteroatoms. The molecule has 0 aliphatic carbocycles. The van der Waals surface area contributed by atoms with E-state index in [2.05, 4.69) is 27.9 Å². The highest BCUT2D eigenvalue weighted by atomic mass is 127. The third-order valence-electron chi connectivity index (χ3n) is 3.41. The van der Waals surface area contributed by atoms with E-state index < -0.39 is 18.0 Å². The molecule has 1 fully saturated rings. The number of carbonyl (C=O) groups excluding carboxylic acids is 2. The van der Waals surface area contributed by atoms with E-state index in [0.29, 0.717) is 31.1 Å². The first kappa shape index (κ1) is 17.8. The quantitative estimate of drug-likeness (QED) is 0.580. The predicted octanol–water partition coefficient (Wildman–Crippen LogP) is 3.34. The van der Waals surface area contributed by atoms with Gasteiger partial charge in [0.25, 0.3) is 5.78 Å². The lowest BCUT2D eigenvalue weighted by atomic mass is 10.2. The van der Waals surface area contributed by atoms with E-state index in [-0.39, 0.29) is 5.91 Å². The summed E-state index contributed by atoms with van der Waals surface area (Å²) < 4.78 is 37.6. The van der Waals surface area contributed by atoms with Crippen molar-refractivity contribution >= 4 is 40.0 Å². The Kier molecular flexibility index (Phi) is 5.66. The van der Waals surface area contributed by atoms with Crippen LogP contribution in [-0.2, 0) is 9.59 Å². The van der Waals surface area contributed by atoms with Gasteiger partial charge in [-0.15, -0.1) is 0 Å². The van der Waals surface area contributed by atoms with E-state index in [1.54, 1.807) is 12.1 Å². The summed E-state index contributed by atoms with van der Waals surface area (Å²) in [7, 11) is 0. The monoisotopic (exact) mass is 438 g/mol. The van der Waals surface area contributed by atoms with Crippen molar-refractivity contribution in [2.45, 2.75) is 25.1 Å². The standard InChI is InChI=1S/C15H14F3IN2O2/c16-15(17,18)13(22)7-9-21-8-1-2-12(21)14(23)20-11-5-3-10(19)4-6-11/h3-7,9,12H,1-2,8H2,(H,20,23)/b9-7+. The van der Waals surface area contributed by atoms with E-state index in [1.165, 1.54) is 4.90 Å². The number of alkyl halides is 3. The molecule has 1 atom stereocenters. The zero-order valence-electron chi connectivity index (χ0n) is 11.9. The Hall–Kier alpha value is -1.58. The van der Waals surface area contributed by atoms with Crippen molar-refractivity contribution < 1.29 is 22.8 Å². The van der Waals surface area contributed by atoms with Gasteiger partial charge in [0.1, 0.15) is 6.04 Å². The highest BCUT2D eigenvalue weighted by molar-refractivity contribution is 14.1. The van der Waals surface area contributed by atoms with Gasteiger partial charge in [-0.05, 0) is 59.7 Å². The second-order valence-electron chi connectivity index (χ2n) is 5.07. The number of allylic oxidation sites excluding steroid dienone is 1. The fraction of sp³-hybridized carbons (Fsp3) is 0.333. The molecule has 2 rings (SSSR count). The van der Waals surface area contributed by atoms with Gasteiger partial charge in [0, 0.05) is 28.1 Å². The number of amides is 1. The van der Waals surface area contributed by atoms with Crippen molar-refractivity contribution in [1.82, 2.24) is 4.90 Å². The molecule has 4 nitrogen and oxygen atoms in total. The summed E-state index contributed by atoms with van der Waals surface area (Å²) in [6, 6.07) is 6.60. The lowest BCUT2D eigenvalue weighted by molar-refractivity contribution is -0.165. The fourth-order valence-corrected chi connectivity index (χ4v) is 2.63. The number of hydrogen-bond acceptors (Lipinski definition) is 3. The number of halogens is 4. The Bertz CT molecular complexity index is 614. The van der Waals surface area contributed by atoms with Gasteiger partial charge in [-0.1, -0.05) is 0 Å². The van der Waals surface area contributed by atoms with Crippen molar-refractivity contribution in [3.63, 3.8) is 0 Å². The van der Waals surface area contributed by atoms with E-state index in [9.17, 15) is 22.8 Å². The fourth-order valence-electron chi connectivity index (χ4n) is 2.27. The summed E-state index contributed by atoms with van der Waals surface area (Å²) in [5.41, 5.74) is 0.623. The molecule has 1 N–H and O–H groups in total. The second-order valence-corrected chi connectivity index (χ2v) is 6.32. The molecule has 124 valence electrons. The first-order valence-electron chi connectivity index (χ1n) is 6.89. The van der Waals surface area contributed by atoms with Crippen LogP contribution >= 0.6 is 22.6 Å². The van der Waals surface area contributed by atoms with Gasteiger partial charge in [0.2, 0.25) is 5.91 Å². The van der Waals surface area contributed by atoms with Gasteiger partial charge in [0.05, 0.1) is 0 Å². The Morgan fingerprint density at radius 1 is 1.26 bits per heavy atom. The van der Waals surface area contributed by atoms with E-state index in [0.717, 1.165) is 9.77 Å². The normalized spacial score (nSPS) is 18.4. The van der Waals surface area contributed by atoms with E-state index in [4.69, 9.17) is 0 Å². The Morgan fingerprint density at radius 3 is 2.52 bits per heavy atom. The smallest absolute Gasteiger partial charge is 0.365 e. The SMILES string of the molecule is O=C(Nc1ccc(I)cc1)C1CCCN1/C=C/C(=O)C(F)(F)F. The van der Waals surface area contributed by atoms with Crippen LogP contribution in [0.15, 0.2) is 36.5 Å². The minimum absolute atomic E-state index is 0.298. The molecule has 0 saturated carbocycles.